The Kier molecular flexibility index (Phi) is 40.7. The summed E-state index contributed by atoms with van der Waals surface area (Å²) in [5.74, 6) is -0.779. The zero-order valence-electron chi connectivity index (χ0n) is 41.2. The van der Waals surface area contributed by atoms with Crippen LogP contribution in [0.5, 0.6) is 0 Å². The average Bonchev–Trinajstić information content (AvgIpc) is 3.31. The number of hydrogen-bond acceptors (Lipinski definition) is 10. The molecule has 8 N–H and O–H groups in total. The molecule has 9 unspecified atom stereocenters. The summed E-state index contributed by atoms with van der Waals surface area (Å²) in [6.07, 6.45) is 42.1. The first-order valence-electron chi connectivity index (χ1n) is 26.5. The van der Waals surface area contributed by atoms with Crippen LogP contribution in [-0.4, -0.2) is 110 Å². The van der Waals surface area contributed by atoms with Crippen molar-refractivity contribution in [2.24, 2.45) is 0 Å². The van der Waals surface area contributed by atoms with E-state index in [1.807, 2.05) is 6.08 Å². The van der Waals surface area contributed by atoms with E-state index in [1.165, 1.54) is 148 Å². The smallest absolute Gasteiger partial charge is 0.249 e. The van der Waals surface area contributed by atoms with Gasteiger partial charge < -0.3 is 50.5 Å². The molecular formula is C54H99NO10. The maximum atomic E-state index is 13.0. The van der Waals surface area contributed by atoms with Crippen molar-refractivity contribution in [3.63, 3.8) is 0 Å². The molecule has 0 spiro atoms. The predicted molar refractivity (Wildman–Crippen MR) is 265 cm³/mol. The number of carbonyl (C=O) groups is 1. The van der Waals surface area contributed by atoms with Gasteiger partial charge in [-0.3, -0.25) is 4.79 Å². The molecule has 1 rings (SSSR count). The number of allylic oxidation sites excluding steroid dienone is 7. The lowest BCUT2D eigenvalue weighted by molar-refractivity contribution is -0.303. The minimum Gasteiger partial charge on any atom is -0.394 e. The van der Waals surface area contributed by atoms with Crippen molar-refractivity contribution in [1.82, 2.24) is 5.32 Å². The van der Waals surface area contributed by atoms with Crippen LogP contribution < -0.4 is 5.32 Å². The molecule has 1 amide bonds. The zero-order valence-corrected chi connectivity index (χ0v) is 41.2. The van der Waals surface area contributed by atoms with Gasteiger partial charge >= 0.3 is 0 Å². The number of ether oxygens (including phenoxy) is 2. The number of amides is 1. The summed E-state index contributed by atoms with van der Waals surface area (Å²) in [6.45, 7) is 3.38. The van der Waals surface area contributed by atoms with Crippen molar-refractivity contribution < 1.29 is 50.0 Å². The molecule has 0 saturated carbocycles. The highest BCUT2D eigenvalue weighted by Crippen LogP contribution is 2.23. The van der Waals surface area contributed by atoms with Gasteiger partial charge in [0.05, 0.1) is 25.4 Å². The molecule has 0 aromatic heterocycles. The summed E-state index contributed by atoms with van der Waals surface area (Å²) in [4.78, 5) is 13.0. The molecule has 1 aliphatic heterocycles. The molecule has 11 nitrogen and oxygen atoms in total. The van der Waals surface area contributed by atoms with E-state index in [-0.39, 0.29) is 12.8 Å². The first-order chi connectivity index (χ1) is 31.7. The fourth-order valence-electron chi connectivity index (χ4n) is 8.21. The Hall–Kier alpha value is -1.93. The summed E-state index contributed by atoms with van der Waals surface area (Å²) < 4.78 is 11.1. The highest BCUT2D eigenvalue weighted by atomic mass is 16.7. The first-order valence-corrected chi connectivity index (χ1v) is 26.5. The molecule has 380 valence electrons. The Morgan fingerprint density at radius 3 is 1.48 bits per heavy atom. The van der Waals surface area contributed by atoms with Gasteiger partial charge in [-0.15, -0.1) is 0 Å². The summed E-state index contributed by atoms with van der Waals surface area (Å²) in [7, 11) is 0. The Labute approximate surface area is 396 Å². The molecule has 1 fully saturated rings. The monoisotopic (exact) mass is 922 g/mol. The number of nitrogens with one attached hydrogen (secondary N) is 1. The molecule has 9 atom stereocenters. The van der Waals surface area contributed by atoms with E-state index < -0.39 is 74.2 Å². The van der Waals surface area contributed by atoms with Gasteiger partial charge in [0.15, 0.2) is 6.29 Å². The Morgan fingerprint density at radius 1 is 0.554 bits per heavy atom. The standard InChI is InChI=1S/C54H99NO10/c1-3-5-7-9-11-13-15-17-18-19-20-21-22-23-24-25-26-27-28-29-30-32-33-35-37-39-41-46(57)49(59)45(44-64-54-52(62)51(61)50(60)48(43-56)65-54)55-53(63)47(58)42-40-38-36-34-31-16-14-12-10-8-6-4-2/h28-29,31,33-35,38,40,45-52,54,56-62H,3-27,30,32,36-37,39,41-44H2,1-2H3,(H,55,63)/b29-28+,34-31-,35-33+,40-38-. The van der Waals surface area contributed by atoms with Gasteiger partial charge in [-0.05, 0) is 64.2 Å². The minimum absolute atomic E-state index is 0.0394. The second-order valence-electron chi connectivity index (χ2n) is 18.6. The van der Waals surface area contributed by atoms with Crippen molar-refractivity contribution >= 4 is 5.91 Å². The summed E-state index contributed by atoms with van der Waals surface area (Å²) >= 11 is 0. The van der Waals surface area contributed by atoms with E-state index in [1.54, 1.807) is 6.08 Å². The molecule has 1 heterocycles. The number of rotatable bonds is 44. The highest BCUT2D eigenvalue weighted by Gasteiger charge is 2.44. The van der Waals surface area contributed by atoms with Crippen LogP contribution >= 0.6 is 0 Å². The molecule has 0 radical (unpaired) electrons. The lowest BCUT2D eigenvalue weighted by Crippen LogP contribution is -2.60. The number of unbranched alkanes of at least 4 members (excludes halogenated alkanes) is 25. The van der Waals surface area contributed by atoms with Crippen molar-refractivity contribution in [2.45, 2.75) is 274 Å². The van der Waals surface area contributed by atoms with Gasteiger partial charge in [0.2, 0.25) is 5.91 Å². The number of hydrogen-bond donors (Lipinski definition) is 8. The molecule has 0 aromatic rings. The van der Waals surface area contributed by atoms with Crippen molar-refractivity contribution in [3.05, 3.63) is 48.6 Å². The molecule has 0 bridgehead atoms. The summed E-state index contributed by atoms with van der Waals surface area (Å²) in [5, 5.41) is 75.6. The molecule has 0 aliphatic carbocycles. The van der Waals surface area contributed by atoms with E-state index in [0.29, 0.717) is 19.3 Å². The maximum absolute atomic E-state index is 13.0. The van der Waals surface area contributed by atoms with Crippen LogP contribution in [0.2, 0.25) is 0 Å². The van der Waals surface area contributed by atoms with Gasteiger partial charge in [-0.2, -0.15) is 0 Å². The van der Waals surface area contributed by atoms with Gasteiger partial charge in [0.25, 0.3) is 0 Å². The summed E-state index contributed by atoms with van der Waals surface area (Å²) in [5.41, 5.74) is 0. The fraction of sp³-hybridized carbons (Fsp3) is 0.833. The quantitative estimate of drug-likeness (QED) is 0.0216. The van der Waals surface area contributed by atoms with Gasteiger partial charge in [0.1, 0.15) is 36.6 Å². The Bertz CT molecular complexity index is 1190. The number of aliphatic hydroxyl groups is 7. The predicted octanol–water partition coefficient (Wildman–Crippen LogP) is 10.1. The largest absolute Gasteiger partial charge is 0.394 e. The van der Waals surface area contributed by atoms with Crippen molar-refractivity contribution in [3.8, 4) is 0 Å². The van der Waals surface area contributed by atoms with Gasteiger partial charge in [-0.1, -0.05) is 197 Å². The van der Waals surface area contributed by atoms with Crippen molar-refractivity contribution in [2.75, 3.05) is 13.2 Å². The number of carbonyl (C=O) groups excluding carboxylic acids is 1. The van der Waals surface area contributed by atoms with E-state index in [4.69, 9.17) is 9.47 Å². The normalized spacial score (nSPS) is 21.3. The Morgan fingerprint density at radius 2 is 0.985 bits per heavy atom. The van der Waals surface area contributed by atoms with Crippen LogP contribution in [0.25, 0.3) is 0 Å². The molecular weight excluding hydrogens is 823 g/mol. The maximum Gasteiger partial charge on any atom is 0.249 e. The topological polar surface area (TPSA) is 189 Å². The second-order valence-corrected chi connectivity index (χ2v) is 18.6. The average molecular weight is 922 g/mol. The second kappa shape index (κ2) is 43.4. The highest BCUT2D eigenvalue weighted by molar-refractivity contribution is 5.81. The lowest BCUT2D eigenvalue weighted by atomic mass is 9.99. The molecule has 11 heteroatoms. The van der Waals surface area contributed by atoms with Crippen molar-refractivity contribution in [1.29, 1.82) is 0 Å². The zero-order chi connectivity index (χ0) is 47.6. The first kappa shape index (κ1) is 61.1. The third-order valence-electron chi connectivity index (χ3n) is 12.6. The molecule has 1 saturated heterocycles. The van der Waals surface area contributed by atoms with Crippen LogP contribution in [0, 0.1) is 0 Å². The van der Waals surface area contributed by atoms with Crippen LogP contribution in [0.3, 0.4) is 0 Å². The third kappa shape index (κ3) is 32.5. The Balaban J connectivity index is 2.37. The fourth-order valence-corrected chi connectivity index (χ4v) is 8.21. The van der Waals surface area contributed by atoms with Crippen LogP contribution in [-0.2, 0) is 14.3 Å². The van der Waals surface area contributed by atoms with E-state index in [9.17, 15) is 40.5 Å². The van der Waals surface area contributed by atoms with Crippen LogP contribution in [0.15, 0.2) is 48.6 Å². The van der Waals surface area contributed by atoms with Gasteiger partial charge in [-0.25, -0.2) is 0 Å². The SMILES string of the molecule is CCCCCCCC/C=C\C/C=C\CC(O)C(=O)NC(COC1OC(CO)C(O)C(O)C1O)C(O)C(O)CCC/C=C/CC/C=C/CCCCCCCCCCCCCCCCCCC. The molecule has 65 heavy (non-hydrogen) atoms. The molecule has 0 aromatic carbocycles. The van der Waals surface area contributed by atoms with E-state index >= 15 is 0 Å². The third-order valence-corrected chi connectivity index (χ3v) is 12.6. The molecule has 1 aliphatic rings. The van der Waals surface area contributed by atoms with E-state index in [0.717, 1.165) is 25.7 Å². The van der Waals surface area contributed by atoms with E-state index in [2.05, 4.69) is 55.6 Å². The number of aliphatic hydroxyl groups excluding tert-OH is 7. The lowest BCUT2D eigenvalue weighted by Gasteiger charge is -2.40. The van der Waals surface area contributed by atoms with Crippen LogP contribution in [0.1, 0.15) is 219 Å². The summed E-state index contributed by atoms with van der Waals surface area (Å²) in [6, 6.07) is -1.22. The van der Waals surface area contributed by atoms with Gasteiger partial charge in [0, 0.05) is 6.42 Å². The van der Waals surface area contributed by atoms with Crippen LogP contribution in [0.4, 0.5) is 0 Å². The minimum atomic E-state index is -1.68.